The van der Waals surface area contributed by atoms with Gasteiger partial charge in [-0.25, -0.2) is 0 Å². The number of unbranched alkanes of at least 4 members (excludes halogenated alkanes) is 1. The van der Waals surface area contributed by atoms with E-state index in [0.29, 0.717) is 42.1 Å². The van der Waals surface area contributed by atoms with Crippen LogP contribution in [0.1, 0.15) is 91.4 Å². The van der Waals surface area contributed by atoms with E-state index in [4.69, 9.17) is 4.55 Å². The van der Waals surface area contributed by atoms with Crippen LogP contribution >= 0.6 is 0 Å². The monoisotopic (exact) mass is 471 g/mol. The first kappa shape index (κ1) is 24.9. The molecule has 0 heterocycles. The van der Waals surface area contributed by atoms with Gasteiger partial charge >= 0.3 is 10.3 Å². The molecule has 4 aliphatic rings. The van der Waals surface area contributed by atoms with Crippen molar-refractivity contribution in [3.05, 3.63) is 0 Å². The summed E-state index contributed by atoms with van der Waals surface area (Å²) in [4.78, 5) is 0. The highest BCUT2D eigenvalue weighted by Crippen LogP contribution is 2.69. The van der Waals surface area contributed by atoms with Gasteiger partial charge in [-0.2, -0.15) is 13.1 Å². The molecule has 0 unspecified atom stereocenters. The lowest BCUT2D eigenvalue weighted by molar-refractivity contribution is -0.202. The second kappa shape index (κ2) is 9.10. The van der Waals surface area contributed by atoms with E-state index >= 15 is 0 Å². The molecular weight excluding hydrogens is 426 g/mol. The standard InChI is InChI=1S/C25H45NO5S/c1-4-18-21-15-17(27)10-12-25(21,3)20-11-13-24(2)16(7-5-6-14-26-32(29,30)31)8-9-19(24)22(20)23(18)28/h16-23,26-28H,4-15H2,1-3H3,(H,29,30,31)/t16-,17+,18+,19-,20-,21-,22-,23+,24+,25+/m0/s1. The first-order valence-electron chi connectivity index (χ1n) is 13.1. The minimum absolute atomic E-state index is 0.203. The van der Waals surface area contributed by atoms with Gasteiger partial charge in [0.25, 0.3) is 0 Å². The first-order chi connectivity index (χ1) is 15.0. The Morgan fingerprint density at radius 1 is 0.938 bits per heavy atom. The van der Waals surface area contributed by atoms with E-state index < -0.39 is 10.3 Å². The second-order valence-corrected chi connectivity index (χ2v) is 13.3. The highest BCUT2D eigenvalue weighted by Gasteiger charge is 2.64. The Bertz CT molecular complexity index is 774. The molecule has 4 saturated carbocycles. The van der Waals surface area contributed by atoms with Crippen molar-refractivity contribution in [1.29, 1.82) is 0 Å². The summed E-state index contributed by atoms with van der Waals surface area (Å²) >= 11 is 0. The maximum absolute atomic E-state index is 11.7. The zero-order valence-electron chi connectivity index (χ0n) is 20.2. The summed E-state index contributed by atoms with van der Waals surface area (Å²) in [6.45, 7) is 7.45. The van der Waals surface area contributed by atoms with E-state index in [2.05, 4.69) is 25.5 Å². The van der Waals surface area contributed by atoms with Gasteiger partial charge in [0, 0.05) is 6.54 Å². The van der Waals surface area contributed by atoms with E-state index in [1.807, 2.05) is 0 Å². The summed E-state index contributed by atoms with van der Waals surface area (Å²) in [5.74, 6) is 2.87. The van der Waals surface area contributed by atoms with Crippen molar-refractivity contribution in [3.8, 4) is 0 Å². The van der Waals surface area contributed by atoms with E-state index in [0.717, 1.165) is 44.9 Å². The fourth-order valence-corrected chi connectivity index (χ4v) is 9.66. The van der Waals surface area contributed by atoms with Gasteiger partial charge in [-0.05, 0) is 104 Å². The molecule has 6 nitrogen and oxygen atoms in total. The fourth-order valence-electron chi connectivity index (χ4n) is 9.26. The minimum Gasteiger partial charge on any atom is -0.393 e. The molecule has 0 saturated heterocycles. The van der Waals surface area contributed by atoms with Gasteiger partial charge in [-0.3, -0.25) is 4.55 Å². The molecule has 32 heavy (non-hydrogen) atoms. The molecule has 10 atom stereocenters. The highest BCUT2D eigenvalue weighted by molar-refractivity contribution is 7.83. The predicted molar refractivity (Wildman–Crippen MR) is 125 cm³/mol. The third-order valence-electron chi connectivity index (χ3n) is 10.9. The molecule has 0 amide bonds. The Hall–Kier alpha value is -0.210. The van der Waals surface area contributed by atoms with E-state index in [1.54, 1.807) is 0 Å². The molecule has 186 valence electrons. The minimum atomic E-state index is -4.09. The zero-order chi connectivity index (χ0) is 23.3. The van der Waals surface area contributed by atoms with Crippen molar-refractivity contribution < 1.29 is 23.2 Å². The summed E-state index contributed by atoms with van der Waals surface area (Å²) in [5.41, 5.74) is 0.499. The summed E-state index contributed by atoms with van der Waals surface area (Å²) in [5, 5.41) is 22.1. The van der Waals surface area contributed by atoms with E-state index in [-0.39, 0.29) is 23.0 Å². The Morgan fingerprint density at radius 2 is 1.62 bits per heavy atom. The normalized spacial score (nSPS) is 48.7. The molecule has 0 spiro atoms. The SMILES string of the molecule is CC[C@H]1[C@@H](O)[C@@H]2[C@H](CC[C@]3(C)[C@@H](CCCCNS(=O)(=O)O)CC[C@@H]23)[C@@]2(C)CC[C@@H](O)C[C@@H]12. The van der Waals surface area contributed by atoms with Crippen LogP contribution in [-0.4, -0.2) is 41.9 Å². The third kappa shape index (κ3) is 4.30. The van der Waals surface area contributed by atoms with Crippen LogP contribution in [0.2, 0.25) is 0 Å². The number of aliphatic hydroxyl groups excluding tert-OH is 2. The second-order valence-electron chi connectivity index (χ2n) is 12.1. The maximum Gasteiger partial charge on any atom is 0.333 e. The molecule has 0 aromatic rings. The average molecular weight is 472 g/mol. The van der Waals surface area contributed by atoms with Gasteiger partial charge in [0.1, 0.15) is 0 Å². The van der Waals surface area contributed by atoms with E-state index in [1.165, 1.54) is 25.7 Å². The topological polar surface area (TPSA) is 107 Å². The van der Waals surface area contributed by atoms with Crippen molar-refractivity contribution in [2.45, 2.75) is 104 Å². The van der Waals surface area contributed by atoms with Gasteiger partial charge in [-0.15, -0.1) is 0 Å². The summed E-state index contributed by atoms with van der Waals surface area (Å²) < 4.78 is 32.7. The zero-order valence-corrected chi connectivity index (χ0v) is 21.0. The lowest BCUT2D eigenvalue weighted by Crippen LogP contribution is -2.62. The molecule has 0 aliphatic heterocycles. The molecule has 4 aliphatic carbocycles. The maximum atomic E-state index is 11.7. The molecule has 0 aromatic carbocycles. The van der Waals surface area contributed by atoms with Crippen LogP contribution in [-0.2, 0) is 10.3 Å². The Morgan fingerprint density at radius 3 is 2.31 bits per heavy atom. The summed E-state index contributed by atoms with van der Waals surface area (Å²) in [6, 6.07) is 0. The van der Waals surface area contributed by atoms with Crippen LogP contribution in [0.3, 0.4) is 0 Å². The number of hydrogen-bond donors (Lipinski definition) is 4. The number of aliphatic hydroxyl groups is 2. The van der Waals surface area contributed by atoms with Crippen LogP contribution in [0.25, 0.3) is 0 Å². The lowest BCUT2D eigenvalue weighted by atomic mass is 9.41. The molecular formula is C25H45NO5S. The number of fused-ring (bicyclic) bond motifs is 5. The third-order valence-corrected chi connectivity index (χ3v) is 11.4. The molecule has 4 N–H and O–H groups in total. The van der Waals surface area contributed by atoms with Gasteiger partial charge in [-0.1, -0.05) is 33.6 Å². The molecule has 4 fully saturated rings. The fraction of sp³-hybridized carbons (Fsp3) is 1.00. The molecule has 0 bridgehead atoms. The van der Waals surface area contributed by atoms with E-state index in [9.17, 15) is 18.6 Å². The number of rotatable bonds is 7. The van der Waals surface area contributed by atoms with Crippen molar-refractivity contribution >= 4 is 10.3 Å². The van der Waals surface area contributed by atoms with Crippen molar-refractivity contribution in [1.82, 2.24) is 4.72 Å². The quantitative estimate of drug-likeness (QED) is 0.329. The largest absolute Gasteiger partial charge is 0.393 e. The summed E-state index contributed by atoms with van der Waals surface area (Å²) in [6.07, 6.45) is 11.0. The van der Waals surface area contributed by atoms with Crippen LogP contribution in [0, 0.1) is 46.3 Å². The number of hydrogen-bond acceptors (Lipinski definition) is 4. The van der Waals surface area contributed by atoms with Crippen molar-refractivity contribution in [3.63, 3.8) is 0 Å². The van der Waals surface area contributed by atoms with Crippen molar-refractivity contribution in [2.75, 3.05) is 6.54 Å². The Labute approximate surface area is 194 Å². The molecule has 0 aromatic heterocycles. The molecule has 0 radical (unpaired) electrons. The Balaban J connectivity index is 1.47. The lowest BCUT2D eigenvalue weighted by Gasteiger charge is -2.64. The van der Waals surface area contributed by atoms with Crippen molar-refractivity contribution in [2.24, 2.45) is 46.3 Å². The predicted octanol–water partition coefficient (Wildman–Crippen LogP) is 4.18. The molecule has 7 heteroatoms. The van der Waals surface area contributed by atoms with Crippen LogP contribution in [0.15, 0.2) is 0 Å². The van der Waals surface area contributed by atoms with Crippen LogP contribution in [0.4, 0.5) is 0 Å². The first-order valence-corrected chi connectivity index (χ1v) is 14.5. The average Bonchev–Trinajstić information content (AvgIpc) is 3.05. The smallest absolute Gasteiger partial charge is 0.333 e. The Kier molecular flexibility index (Phi) is 7.08. The summed E-state index contributed by atoms with van der Waals surface area (Å²) in [7, 11) is -4.09. The van der Waals surface area contributed by atoms with Gasteiger partial charge in [0.2, 0.25) is 0 Å². The highest BCUT2D eigenvalue weighted by atomic mass is 32.2. The van der Waals surface area contributed by atoms with Gasteiger partial charge in [0.05, 0.1) is 12.2 Å². The van der Waals surface area contributed by atoms with Gasteiger partial charge in [0.15, 0.2) is 0 Å². The number of nitrogens with one attached hydrogen (secondary N) is 1. The molecule has 4 rings (SSSR count). The van der Waals surface area contributed by atoms with Crippen LogP contribution < -0.4 is 4.72 Å². The van der Waals surface area contributed by atoms with Gasteiger partial charge < -0.3 is 10.2 Å². The van der Waals surface area contributed by atoms with Crippen LogP contribution in [0.5, 0.6) is 0 Å².